The summed E-state index contributed by atoms with van der Waals surface area (Å²) in [6, 6.07) is -6.71. The summed E-state index contributed by atoms with van der Waals surface area (Å²) in [5, 5.41) is 30.0. The van der Waals surface area contributed by atoms with Crippen LogP contribution in [0.25, 0.3) is 0 Å². The Hall–Kier alpha value is -4.32. The number of rotatable bonds is 18. The molecule has 0 unspecified atom stereocenters. The van der Waals surface area contributed by atoms with Gasteiger partial charge in [-0.3, -0.25) is 33.6 Å². The van der Waals surface area contributed by atoms with Crippen LogP contribution in [0.15, 0.2) is 0 Å². The van der Waals surface area contributed by atoms with E-state index in [0.717, 1.165) is 0 Å². The number of primary amides is 2. The average molecular weight is 575 g/mol. The molecule has 0 bridgehead atoms. The van der Waals surface area contributed by atoms with Gasteiger partial charge < -0.3 is 54.0 Å². The molecule has 0 saturated carbocycles. The Bertz CT molecular complexity index is 973. The van der Waals surface area contributed by atoms with Crippen molar-refractivity contribution in [2.75, 3.05) is 13.2 Å². The van der Waals surface area contributed by atoms with Crippen molar-refractivity contribution in [1.82, 2.24) is 26.6 Å². The molecule has 0 spiro atoms. The Labute approximate surface area is 229 Å². The minimum atomic E-state index is -1.55. The molecule has 0 aliphatic carbocycles. The first-order valence-corrected chi connectivity index (χ1v) is 12.1. The number of carboxylic acid groups (broad SMARTS) is 1. The number of amides is 7. The summed E-state index contributed by atoms with van der Waals surface area (Å²) in [5.41, 5.74) is 15.5. The van der Waals surface area contributed by atoms with Gasteiger partial charge in [0.05, 0.1) is 25.6 Å². The molecule has 40 heavy (non-hydrogen) atoms. The highest BCUT2D eigenvalue weighted by Crippen LogP contribution is 2.05. The van der Waals surface area contributed by atoms with Gasteiger partial charge in [-0.15, -0.1) is 0 Å². The van der Waals surface area contributed by atoms with Crippen molar-refractivity contribution >= 4 is 47.3 Å². The van der Waals surface area contributed by atoms with E-state index in [1.54, 1.807) is 13.8 Å². The number of nitrogens with two attached hydrogens (primary N) is 3. The number of hydrogen-bond acceptors (Lipinski definition) is 10. The van der Waals surface area contributed by atoms with Crippen molar-refractivity contribution in [2.45, 2.75) is 70.2 Å². The number of aliphatic carboxylic acids is 1. The normalized spacial score (nSPS) is 14.4. The van der Waals surface area contributed by atoms with Crippen LogP contribution < -0.4 is 43.8 Å². The first-order valence-electron chi connectivity index (χ1n) is 12.1. The molecule has 0 aromatic rings. The summed E-state index contributed by atoms with van der Waals surface area (Å²) in [4.78, 5) is 94.8. The lowest BCUT2D eigenvalue weighted by Crippen LogP contribution is -2.59. The van der Waals surface area contributed by atoms with Gasteiger partial charge in [-0.1, -0.05) is 13.8 Å². The van der Waals surface area contributed by atoms with Gasteiger partial charge in [0, 0.05) is 6.42 Å². The molecule has 0 rings (SSSR count). The van der Waals surface area contributed by atoms with Crippen LogP contribution in [0, 0.1) is 5.92 Å². The van der Waals surface area contributed by atoms with Crippen molar-refractivity contribution in [3.8, 4) is 0 Å². The van der Waals surface area contributed by atoms with Crippen LogP contribution in [0.3, 0.4) is 0 Å². The minimum absolute atomic E-state index is 0.279. The Morgan fingerprint density at radius 3 is 1.82 bits per heavy atom. The molecule has 0 heterocycles. The third-order valence-electron chi connectivity index (χ3n) is 5.31. The SMILES string of the molecule is CC(C)[C@H](NC(=O)[C@H](CO)NC(=O)CNC(=O)[C@H](C)NC(=O)[C@@H](N)CC(N)=O)C(=O)N[C@@H](CCC(N)=O)C(=O)O. The standard InChI is InChI=1S/C22H38N8O10/c1-9(2)17(21(38)29-12(22(39)40)4-5-14(24)32)30-20(37)13(8-31)28-16(34)7-26-18(35)10(3)27-19(36)11(23)6-15(25)33/h9-13,17,31H,4-8,23H2,1-3H3,(H2,24,32)(H2,25,33)(H,26,35)(H,27,36)(H,28,34)(H,29,38)(H,30,37)(H,39,40)/t10-,11-,12-,13-,17-/m0/s1. The van der Waals surface area contributed by atoms with Gasteiger partial charge in [0.1, 0.15) is 24.2 Å². The summed E-state index contributed by atoms with van der Waals surface area (Å²) >= 11 is 0. The van der Waals surface area contributed by atoms with Crippen LogP contribution in [-0.2, 0) is 38.4 Å². The minimum Gasteiger partial charge on any atom is -0.480 e. The van der Waals surface area contributed by atoms with E-state index < -0.39 is 103 Å². The van der Waals surface area contributed by atoms with E-state index in [0.29, 0.717) is 0 Å². The number of nitrogens with one attached hydrogen (secondary N) is 5. The lowest BCUT2D eigenvalue weighted by molar-refractivity contribution is -0.143. The quantitative estimate of drug-likeness (QED) is 0.0735. The van der Waals surface area contributed by atoms with Crippen molar-refractivity contribution in [3.05, 3.63) is 0 Å². The van der Waals surface area contributed by atoms with Crippen LogP contribution >= 0.6 is 0 Å². The van der Waals surface area contributed by atoms with Crippen LogP contribution in [0.5, 0.6) is 0 Å². The molecule has 226 valence electrons. The molecule has 0 fully saturated rings. The number of aliphatic hydroxyl groups excluding tert-OH is 1. The van der Waals surface area contributed by atoms with Crippen LogP contribution in [0.1, 0.15) is 40.0 Å². The highest BCUT2D eigenvalue weighted by molar-refractivity contribution is 5.95. The molecule has 5 atom stereocenters. The van der Waals surface area contributed by atoms with Crippen LogP contribution in [-0.4, -0.2) is 101 Å². The van der Waals surface area contributed by atoms with Gasteiger partial charge in [0.25, 0.3) is 0 Å². The third-order valence-corrected chi connectivity index (χ3v) is 5.31. The molecule has 7 amide bonds. The first kappa shape index (κ1) is 35.7. The zero-order valence-corrected chi connectivity index (χ0v) is 22.4. The van der Waals surface area contributed by atoms with Crippen molar-refractivity contribution < 1.29 is 48.6 Å². The molecule has 0 saturated heterocycles. The Morgan fingerprint density at radius 2 is 1.35 bits per heavy atom. The van der Waals surface area contributed by atoms with Gasteiger partial charge in [-0.25, -0.2) is 4.79 Å². The molecule has 0 aromatic carbocycles. The number of hydrogen-bond donors (Lipinski definition) is 10. The molecule has 13 N–H and O–H groups in total. The zero-order valence-electron chi connectivity index (χ0n) is 22.4. The topological polar surface area (TPSA) is 315 Å². The predicted octanol–water partition coefficient (Wildman–Crippen LogP) is -5.74. The highest BCUT2D eigenvalue weighted by Gasteiger charge is 2.31. The average Bonchev–Trinajstić information content (AvgIpc) is 2.85. The predicted molar refractivity (Wildman–Crippen MR) is 136 cm³/mol. The van der Waals surface area contributed by atoms with E-state index in [4.69, 9.17) is 17.2 Å². The largest absolute Gasteiger partial charge is 0.480 e. The van der Waals surface area contributed by atoms with Crippen molar-refractivity contribution in [1.29, 1.82) is 0 Å². The second-order valence-corrected chi connectivity index (χ2v) is 9.16. The van der Waals surface area contributed by atoms with E-state index in [1.165, 1.54) is 6.92 Å². The Kier molecular flexibility index (Phi) is 15.4. The Morgan fingerprint density at radius 1 is 0.750 bits per heavy atom. The number of carboxylic acids is 1. The van der Waals surface area contributed by atoms with E-state index in [1.807, 2.05) is 0 Å². The zero-order chi connectivity index (χ0) is 31.2. The summed E-state index contributed by atoms with van der Waals surface area (Å²) in [6.07, 6.45) is -1.03. The molecule has 0 aliphatic rings. The molecule has 18 heteroatoms. The summed E-state index contributed by atoms with van der Waals surface area (Å²) in [6.45, 7) is 2.83. The van der Waals surface area contributed by atoms with E-state index in [9.17, 15) is 48.6 Å². The fourth-order valence-electron chi connectivity index (χ4n) is 3.05. The molecule has 0 aromatic heterocycles. The maximum absolute atomic E-state index is 12.7. The lowest BCUT2D eigenvalue weighted by Gasteiger charge is -2.26. The van der Waals surface area contributed by atoms with E-state index in [-0.39, 0.29) is 12.8 Å². The van der Waals surface area contributed by atoms with Gasteiger partial charge in [0.2, 0.25) is 41.4 Å². The van der Waals surface area contributed by atoms with Gasteiger partial charge in [-0.2, -0.15) is 0 Å². The first-order chi connectivity index (χ1) is 18.5. The summed E-state index contributed by atoms with van der Waals surface area (Å²) < 4.78 is 0. The monoisotopic (exact) mass is 574 g/mol. The van der Waals surface area contributed by atoms with Gasteiger partial charge in [-0.05, 0) is 19.3 Å². The second-order valence-electron chi connectivity index (χ2n) is 9.16. The van der Waals surface area contributed by atoms with Gasteiger partial charge >= 0.3 is 5.97 Å². The van der Waals surface area contributed by atoms with E-state index in [2.05, 4.69) is 26.6 Å². The number of aliphatic hydroxyl groups is 1. The van der Waals surface area contributed by atoms with Gasteiger partial charge in [0.15, 0.2) is 0 Å². The van der Waals surface area contributed by atoms with Crippen LogP contribution in [0.4, 0.5) is 0 Å². The Balaban J connectivity index is 5.03. The molecule has 0 radical (unpaired) electrons. The molecule has 18 nitrogen and oxygen atoms in total. The molecule has 0 aliphatic heterocycles. The summed E-state index contributed by atoms with van der Waals surface area (Å²) in [7, 11) is 0. The van der Waals surface area contributed by atoms with Crippen molar-refractivity contribution in [3.63, 3.8) is 0 Å². The smallest absolute Gasteiger partial charge is 0.326 e. The second kappa shape index (κ2) is 17.3. The fraction of sp³-hybridized carbons (Fsp3) is 0.636. The maximum atomic E-state index is 12.7. The number of carbonyl (C=O) groups is 8. The van der Waals surface area contributed by atoms with E-state index >= 15 is 0 Å². The maximum Gasteiger partial charge on any atom is 0.326 e. The molecular weight excluding hydrogens is 536 g/mol. The highest BCUT2D eigenvalue weighted by atomic mass is 16.4. The lowest BCUT2D eigenvalue weighted by atomic mass is 10.0. The number of carbonyl (C=O) groups excluding carboxylic acids is 7. The third kappa shape index (κ3) is 13.5. The fourth-order valence-corrected chi connectivity index (χ4v) is 3.05. The van der Waals surface area contributed by atoms with Crippen LogP contribution in [0.2, 0.25) is 0 Å². The van der Waals surface area contributed by atoms with Crippen molar-refractivity contribution in [2.24, 2.45) is 23.1 Å². The summed E-state index contributed by atoms with van der Waals surface area (Å²) in [5.74, 6) is -7.97. The molecular formula is C22H38N8O10.